The lowest BCUT2D eigenvalue weighted by Gasteiger charge is -2.61. The lowest BCUT2D eigenvalue weighted by atomic mass is 9.43. The highest BCUT2D eigenvalue weighted by Gasteiger charge is 2.61. The van der Waals surface area contributed by atoms with Gasteiger partial charge in [0.25, 0.3) is 0 Å². The molecule has 0 aliphatic heterocycles. The van der Waals surface area contributed by atoms with E-state index in [4.69, 9.17) is 0 Å². The van der Waals surface area contributed by atoms with Crippen molar-refractivity contribution in [2.45, 2.75) is 37.5 Å². The molecule has 4 fully saturated rings. The highest BCUT2D eigenvalue weighted by molar-refractivity contribution is 5.95. The van der Waals surface area contributed by atoms with E-state index in [2.05, 4.69) is 108 Å². The van der Waals surface area contributed by atoms with Crippen molar-refractivity contribution in [1.82, 2.24) is 0 Å². The number of benzene rings is 4. The van der Waals surface area contributed by atoms with Gasteiger partial charge in [-0.05, 0) is 103 Å². The first kappa shape index (κ1) is 19.9. The number of hydrogen-bond donors (Lipinski definition) is 0. The van der Waals surface area contributed by atoms with Gasteiger partial charge in [-0.25, -0.2) is 0 Å². The zero-order chi connectivity index (χ0) is 23.0. The molecule has 4 saturated carbocycles. The third-order valence-corrected chi connectivity index (χ3v) is 9.83. The second-order valence-corrected chi connectivity index (χ2v) is 11.4. The van der Waals surface area contributed by atoms with E-state index >= 15 is 0 Å². The summed E-state index contributed by atoms with van der Waals surface area (Å²) in [7, 11) is 0. The third-order valence-electron chi connectivity index (χ3n) is 9.83. The summed E-state index contributed by atoms with van der Waals surface area (Å²) in [6.07, 6.45) is 7.18. The van der Waals surface area contributed by atoms with E-state index in [9.17, 15) is 0 Å². The Morgan fingerprint density at radius 3 is 1.69 bits per heavy atom. The molecule has 0 amide bonds. The van der Waals surface area contributed by atoms with Gasteiger partial charge >= 0.3 is 0 Å². The van der Waals surface area contributed by atoms with Gasteiger partial charge in [-0.1, -0.05) is 72.8 Å². The van der Waals surface area contributed by atoms with E-state index < -0.39 is 0 Å². The van der Waals surface area contributed by atoms with Crippen LogP contribution in [-0.4, -0.2) is 0 Å². The average molecular weight is 454 g/mol. The van der Waals surface area contributed by atoms with Crippen molar-refractivity contribution < 1.29 is 0 Å². The molecule has 5 aliphatic rings. The molecule has 0 aromatic heterocycles. The molecule has 0 atom stereocenters. The Bertz CT molecular complexity index is 1340. The maximum absolute atomic E-state index is 2.50. The lowest BCUT2D eigenvalue weighted by Crippen LogP contribution is -2.55. The van der Waals surface area contributed by atoms with Gasteiger partial charge in [0.15, 0.2) is 0 Å². The number of nitrogens with zero attached hydrogens (tertiary/aromatic N) is 1. The molecule has 0 saturated heterocycles. The van der Waals surface area contributed by atoms with Gasteiger partial charge in [-0.2, -0.15) is 0 Å². The number of anilines is 3. The van der Waals surface area contributed by atoms with Crippen LogP contribution in [0.2, 0.25) is 0 Å². The smallest absolute Gasteiger partial charge is 0.0543 e. The van der Waals surface area contributed by atoms with Crippen molar-refractivity contribution in [3.05, 3.63) is 114 Å². The molecular weight excluding hydrogens is 422 g/mol. The zero-order valence-electron chi connectivity index (χ0n) is 20.1. The molecule has 0 heterocycles. The molecule has 1 spiro atoms. The van der Waals surface area contributed by atoms with Crippen LogP contribution >= 0.6 is 0 Å². The molecule has 4 aromatic rings. The Morgan fingerprint density at radius 1 is 0.514 bits per heavy atom. The van der Waals surface area contributed by atoms with Gasteiger partial charge in [0.2, 0.25) is 0 Å². The van der Waals surface area contributed by atoms with Crippen molar-refractivity contribution in [3.63, 3.8) is 0 Å². The summed E-state index contributed by atoms with van der Waals surface area (Å²) in [5.41, 5.74) is 10.1. The van der Waals surface area contributed by atoms with Crippen molar-refractivity contribution in [1.29, 1.82) is 0 Å². The van der Waals surface area contributed by atoms with Crippen LogP contribution in [0, 0.1) is 23.7 Å². The van der Waals surface area contributed by atoms with Gasteiger partial charge in [0.05, 0.1) is 5.69 Å². The first-order chi connectivity index (χ1) is 17.3. The van der Waals surface area contributed by atoms with E-state index in [0.717, 1.165) is 23.7 Å². The van der Waals surface area contributed by atoms with Gasteiger partial charge in [0.1, 0.15) is 0 Å². The quantitative estimate of drug-likeness (QED) is 0.299. The molecule has 1 nitrogen and oxygen atoms in total. The van der Waals surface area contributed by atoms with Crippen LogP contribution in [0.15, 0.2) is 103 Å². The van der Waals surface area contributed by atoms with Crippen LogP contribution in [-0.2, 0) is 5.41 Å². The molecule has 4 aromatic carbocycles. The summed E-state index contributed by atoms with van der Waals surface area (Å²) in [4.78, 5) is 2.48. The SMILES string of the molecule is c1ccc(N(c2ccccc2)c2cccc3c2-c2ccccc2C32C3CC4CC(C3)CC2C4)cc1. The fraction of sp³-hybridized carbons (Fsp3) is 0.294. The minimum Gasteiger partial charge on any atom is -0.310 e. The van der Waals surface area contributed by atoms with Crippen LogP contribution in [0.5, 0.6) is 0 Å². The van der Waals surface area contributed by atoms with Crippen molar-refractivity contribution in [2.24, 2.45) is 23.7 Å². The second-order valence-electron chi connectivity index (χ2n) is 11.4. The normalized spacial score (nSPS) is 29.3. The highest BCUT2D eigenvalue weighted by atomic mass is 15.1. The summed E-state index contributed by atoms with van der Waals surface area (Å²) in [6, 6.07) is 38.4. The number of fused-ring (bicyclic) bond motifs is 3. The first-order valence-corrected chi connectivity index (χ1v) is 13.5. The molecule has 1 heteroatoms. The largest absolute Gasteiger partial charge is 0.310 e. The zero-order valence-corrected chi connectivity index (χ0v) is 20.1. The van der Waals surface area contributed by atoms with Gasteiger partial charge in [0, 0.05) is 22.4 Å². The minimum absolute atomic E-state index is 0.203. The van der Waals surface area contributed by atoms with Crippen molar-refractivity contribution in [2.75, 3.05) is 4.90 Å². The van der Waals surface area contributed by atoms with Crippen LogP contribution in [0.4, 0.5) is 17.1 Å². The standard InChI is InChI=1S/C34H31N/c1-3-10-27(11-4-1)35(28-12-5-2-6-13-28)32-17-9-16-31-33(32)29-14-7-8-15-30(29)34(31)25-19-23-18-24(21-25)22-26(34)20-23/h1-17,23-26H,18-22H2. The summed E-state index contributed by atoms with van der Waals surface area (Å²) < 4.78 is 0. The van der Waals surface area contributed by atoms with Crippen LogP contribution in [0.1, 0.15) is 43.2 Å². The van der Waals surface area contributed by atoms with E-state index in [1.54, 1.807) is 11.1 Å². The molecule has 0 radical (unpaired) electrons. The monoisotopic (exact) mass is 453 g/mol. The molecule has 0 unspecified atom stereocenters. The lowest BCUT2D eigenvalue weighted by molar-refractivity contribution is -0.0399. The predicted octanol–water partition coefficient (Wildman–Crippen LogP) is 8.88. The maximum Gasteiger partial charge on any atom is 0.0543 e. The first-order valence-electron chi connectivity index (χ1n) is 13.5. The van der Waals surface area contributed by atoms with Crippen LogP contribution in [0.25, 0.3) is 11.1 Å². The predicted molar refractivity (Wildman–Crippen MR) is 144 cm³/mol. The summed E-state index contributed by atoms with van der Waals surface area (Å²) in [5.74, 6) is 3.51. The Morgan fingerprint density at radius 2 is 1.06 bits per heavy atom. The Kier molecular flexibility index (Phi) is 4.18. The fourth-order valence-corrected chi connectivity index (χ4v) is 8.95. The van der Waals surface area contributed by atoms with Crippen LogP contribution < -0.4 is 4.90 Å². The van der Waals surface area contributed by atoms with E-state index in [-0.39, 0.29) is 5.41 Å². The van der Waals surface area contributed by atoms with E-state index in [0.29, 0.717) is 0 Å². The Labute approximate surface area is 208 Å². The maximum atomic E-state index is 2.50. The highest BCUT2D eigenvalue weighted by Crippen LogP contribution is 2.70. The Hall–Kier alpha value is -3.32. The Balaban J connectivity index is 1.41. The molecule has 0 N–H and O–H groups in total. The van der Waals surface area contributed by atoms with E-state index in [1.165, 1.54) is 60.3 Å². The molecule has 4 bridgehead atoms. The van der Waals surface area contributed by atoms with Crippen LogP contribution in [0.3, 0.4) is 0 Å². The molecular formula is C34H31N. The van der Waals surface area contributed by atoms with Gasteiger partial charge < -0.3 is 4.90 Å². The fourth-order valence-electron chi connectivity index (χ4n) is 8.95. The molecule has 5 aliphatic carbocycles. The van der Waals surface area contributed by atoms with Gasteiger partial charge in [-0.3, -0.25) is 0 Å². The second kappa shape index (κ2) is 7.34. The molecule has 9 rings (SSSR count). The third kappa shape index (κ3) is 2.64. The number of rotatable bonds is 3. The summed E-state index contributed by atoms with van der Waals surface area (Å²) in [5, 5.41) is 0. The van der Waals surface area contributed by atoms with Gasteiger partial charge in [-0.15, -0.1) is 0 Å². The average Bonchev–Trinajstić information content (AvgIpc) is 3.20. The minimum atomic E-state index is 0.203. The molecule has 172 valence electrons. The number of para-hydroxylation sites is 2. The van der Waals surface area contributed by atoms with E-state index in [1.807, 2.05) is 0 Å². The number of hydrogen-bond acceptors (Lipinski definition) is 1. The van der Waals surface area contributed by atoms with Crippen molar-refractivity contribution in [3.8, 4) is 11.1 Å². The van der Waals surface area contributed by atoms with Crippen molar-refractivity contribution >= 4 is 17.1 Å². The topological polar surface area (TPSA) is 3.24 Å². The molecule has 35 heavy (non-hydrogen) atoms. The summed E-state index contributed by atoms with van der Waals surface area (Å²) in [6.45, 7) is 0. The summed E-state index contributed by atoms with van der Waals surface area (Å²) >= 11 is 0.